The Bertz CT molecular complexity index is 790. The van der Waals surface area contributed by atoms with Gasteiger partial charge in [0.25, 0.3) is 0 Å². The number of nitrogens with one attached hydrogen (secondary N) is 1. The number of methoxy groups -OCH3 is 1. The zero-order chi connectivity index (χ0) is 19.9. The van der Waals surface area contributed by atoms with Crippen LogP contribution in [-0.4, -0.2) is 48.9 Å². The molecular weight excluding hydrogens is 399 g/mol. The van der Waals surface area contributed by atoms with Crippen molar-refractivity contribution in [2.24, 2.45) is 0 Å². The number of nitrogens with zero attached hydrogens (tertiary/aromatic N) is 1. The number of amides is 1. The van der Waals surface area contributed by atoms with Gasteiger partial charge in [-0.15, -0.1) is 11.8 Å². The largest absolute Gasteiger partial charge is 0.383 e. The molecule has 1 saturated heterocycles. The summed E-state index contributed by atoms with van der Waals surface area (Å²) in [4.78, 5) is 15.9. The summed E-state index contributed by atoms with van der Waals surface area (Å²) >= 11 is 8.01. The lowest BCUT2D eigenvalue weighted by Gasteiger charge is -2.24. The SMILES string of the molecule is COCCNC(=O)[C@@H]1C[C@@H](Sc2ccc(F)cc2)CN1Cc1ccccc1Cl. The Hall–Kier alpha value is -1.60. The number of hydrogen-bond acceptors (Lipinski definition) is 4. The second-order valence-corrected chi connectivity index (χ2v) is 8.53. The van der Waals surface area contributed by atoms with E-state index < -0.39 is 0 Å². The maximum Gasteiger partial charge on any atom is 0.237 e. The number of likely N-dealkylation sites (tertiary alicyclic amines) is 1. The van der Waals surface area contributed by atoms with Gasteiger partial charge in [-0.25, -0.2) is 4.39 Å². The van der Waals surface area contributed by atoms with Crippen LogP contribution in [0.25, 0.3) is 0 Å². The van der Waals surface area contributed by atoms with Crippen molar-refractivity contribution in [3.8, 4) is 0 Å². The maximum absolute atomic E-state index is 13.2. The molecule has 1 fully saturated rings. The number of benzene rings is 2. The zero-order valence-corrected chi connectivity index (χ0v) is 17.3. The van der Waals surface area contributed by atoms with Crippen molar-refractivity contribution in [3.63, 3.8) is 0 Å². The van der Waals surface area contributed by atoms with E-state index in [1.54, 1.807) is 31.0 Å². The van der Waals surface area contributed by atoms with Gasteiger partial charge in [-0.1, -0.05) is 29.8 Å². The monoisotopic (exact) mass is 422 g/mol. The molecule has 0 radical (unpaired) electrons. The highest BCUT2D eigenvalue weighted by atomic mass is 35.5. The number of carbonyl (C=O) groups excluding carboxylic acids is 1. The molecule has 7 heteroatoms. The summed E-state index contributed by atoms with van der Waals surface area (Å²) in [6.45, 7) is 2.34. The molecule has 1 heterocycles. The van der Waals surface area contributed by atoms with Gasteiger partial charge in [0, 0.05) is 41.9 Å². The highest BCUT2D eigenvalue weighted by Crippen LogP contribution is 2.34. The van der Waals surface area contributed by atoms with E-state index in [4.69, 9.17) is 16.3 Å². The summed E-state index contributed by atoms with van der Waals surface area (Å²) in [5.74, 6) is -0.238. The molecule has 1 N–H and O–H groups in total. The minimum absolute atomic E-state index is 0.00584. The van der Waals surface area contributed by atoms with Gasteiger partial charge in [-0.3, -0.25) is 9.69 Å². The Labute approximate surface area is 174 Å². The summed E-state index contributed by atoms with van der Waals surface area (Å²) < 4.78 is 18.2. The first-order valence-corrected chi connectivity index (χ1v) is 10.5. The molecular formula is C21H24ClFN2O2S. The molecule has 2 atom stereocenters. The summed E-state index contributed by atoms with van der Waals surface area (Å²) in [6.07, 6.45) is 0.727. The molecule has 28 heavy (non-hydrogen) atoms. The van der Waals surface area contributed by atoms with Crippen molar-refractivity contribution in [1.82, 2.24) is 10.2 Å². The van der Waals surface area contributed by atoms with Gasteiger partial charge in [0.2, 0.25) is 5.91 Å². The smallest absolute Gasteiger partial charge is 0.237 e. The highest BCUT2D eigenvalue weighted by Gasteiger charge is 2.37. The molecule has 0 spiro atoms. The van der Waals surface area contributed by atoms with Gasteiger partial charge < -0.3 is 10.1 Å². The predicted octanol–water partition coefficient (Wildman–Crippen LogP) is 3.98. The lowest BCUT2D eigenvalue weighted by molar-refractivity contribution is -0.125. The Balaban J connectivity index is 1.70. The molecule has 2 aromatic carbocycles. The minimum Gasteiger partial charge on any atom is -0.383 e. The average molecular weight is 423 g/mol. The predicted molar refractivity (Wildman–Crippen MR) is 111 cm³/mol. The van der Waals surface area contributed by atoms with Crippen molar-refractivity contribution >= 4 is 29.3 Å². The van der Waals surface area contributed by atoms with Crippen molar-refractivity contribution in [2.75, 3.05) is 26.8 Å². The van der Waals surface area contributed by atoms with Crippen LogP contribution in [0, 0.1) is 5.82 Å². The van der Waals surface area contributed by atoms with Gasteiger partial charge in [0.05, 0.1) is 12.6 Å². The zero-order valence-electron chi connectivity index (χ0n) is 15.7. The second-order valence-electron chi connectivity index (χ2n) is 6.75. The van der Waals surface area contributed by atoms with E-state index in [2.05, 4.69) is 10.2 Å². The molecule has 0 aromatic heterocycles. The Kier molecular flexibility index (Phi) is 7.73. The van der Waals surface area contributed by atoms with Crippen LogP contribution in [0.1, 0.15) is 12.0 Å². The Morgan fingerprint density at radius 2 is 2.04 bits per heavy atom. The quantitative estimate of drug-likeness (QED) is 0.653. The first kappa shape index (κ1) is 21.1. The fourth-order valence-electron chi connectivity index (χ4n) is 3.34. The van der Waals surface area contributed by atoms with Crippen LogP contribution in [0.5, 0.6) is 0 Å². The van der Waals surface area contributed by atoms with Gasteiger partial charge >= 0.3 is 0 Å². The van der Waals surface area contributed by atoms with Gasteiger partial charge in [0.15, 0.2) is 0 Å². The van der Waals surface area contributed by atoms with E-state index in [1.807, 2.05) is 24.3 Å². The Morgan fingerprint density at radius 1 is 1.29 bits per heavy atom. The van der Waals surface area contributed by atoms with Crippen molar-refractivity contribution < 1.29 is 13.9 Å². The van der Waals surface area contributed by atoms with Crippen molar-refractivity contribution in [3.05, 3.63) is 64.9 Å². The van der Waals surface area contributed by atoms with Gasteiger partial charge in [-0.2, -0.15) is 0 Å². The van der Waals surface area contributed by atoms with E-state index in [0.717, 1.165) is 23.4 Å². The van der Waals surface area contributed by atoms with Crippen LogP contribution in [-0.2, 0) is 16.1 Å². The molecule has 1 aliphatic rings. The lowest BCUT2D eigenvalue weighted by Crippen LogP contribution is -2.43. The van der Waals surface area contributed by atoms with Crippen LogP contribution in [0.4, 0.5) is 4.39 Å². The molecule has 2 aromatic rings. The molecule has 0 bridgehead atoms. The number of ether oxygens (including phenoxy) is 1. The standard InChI is InChI=1S/C21H24ClFN2O2S/c1-27-11-10-24-21(26)20-12-18(28-17-8-6-16(23)7-9-17)14-25(20)13-15-4-2-3-5-19(15)22/h2-9,18,20H,10-14H2,1H3,(H,24,26)/t18-,20+/m1/s1. The molecule has 0 unspecified atom stereocenters. The molecule has 4 nitrogen and oxygen atoms in total. The molecule has 1 amide bonds. The van der Waals surface area contributed by atoms with E-state index >= 15 is 0 Å². The third-order valence-electron chi connectivity index (χ3n) is 4.72. The topological polar surface area (TPSA) is 41.6 Å². The summed E-state index contributed by atoms with van der Waals surface area (Å²) in [6, 6.07) is 14.0. The lowest BCUT2D eigenvalue weighted by atomic mass is 10.1. The second kappa shape index (κ2) is 10.3. The molecule has 1 aliphatic heterocycles. The summed E-state index contributed by atoms with van der Waals surface area (Å²) in [5.41, 5.74) is 1.01. The van der Waals surface area contributed by atoms with E-state index in [1.165, 1.54) is 12.1 Å². The summed E-state index contributed by atoms with van der Waals surface area (Å²) in [5, 5.41) is 3.90. The van der Waals surface area contributed by atoms with Crippen molar-refractivity contribution in [2.45, 2.75) is 29.2 Å². The van der Waals surface area contributed by atoms with E-state index in [9.17, 15) is 9.18 Å². The highest BCUT2D eigenvalue weighted by molar-refractivity contribution is 8.00. The van der Waals surface area contributed by atoms with Crippen LogP contribution in [0.3, 0.4) is 0 Å². The number of halogens is 2. The number of carbonyl (C=O) groups is 1. The molecule has 150 valence electrons. The number of thioether (sulfide) groups is 1. The van der Waals surface area contributed by atoms with Crippen LogP contribution >= 0.6 is 23.4 Å². The van der Waals surface area contributed by atoms with Gasteiger partial charge in [-0.05, 0) is 42.3 Å². The molecule has 0 aliphatic carbocycles. The summed E-state index contributed by atoms with van der Waals surface area (Å²) in [7, 11) is 1.61. The number of rotatable bonds is 8. The number of hydrogen-bond donors (Lipinski definition) is 1. The van der Waals surface area contributed by atoms with Crippen LogP contribution in [0.2, 0.25) is 5.02 Å². The van der Waals surface area contributed by atoms with Gasteiger partial charge in [0.1, 0.15) is 5.82 Å². The fraction of sp³-hybridized carbons (Fsp3) is 0.381. The third kappa shape index (κ3) is 5.70. The maximum atomic E-state index is 13.2. The van der Waals surface area contributed by atoms with Crippen LogP contribution < -0.4 is 5.32 Å². The fourth-order valence-corrected chi connectivity index (χ4v) is 4.76. The minimum atomic E-state index is -0.244. The molecule has 0 saturated carbocycles. The first-order chi connectivity index (χ1) is 13.6. The van der Waals surface area contributed by atoms with Crippen molar-refractivity contribution in [1.29, 1.82) is 0 Å². The molecule has 3 rings (SSSR count). The Morgan fingerprint density at radius 3 is 2.75 bits per heavy atom. The normalized spacial score (nSPS) is 19.7. The third-order valence-corrected chi connectivity index (χ3v) is 6.31. The van der Waals surface area contributed by atoms with E-state index in [0.29, 0.717) is 24.7 Å². The average Bonchev–Trinajstić information content (AvgIpc) is 3.08. The van der Waals surface area contributed by atoms with Crippen LogP contribution in [0.15, 0.2) is 53.4 Å². The first-order valence-electron chi connectivity index (χ1n) is 9.23. The van der Waals surface area contributed by atoms with E-state index in [-0.39, 0.29) is 23.0 Å².